The molecule has 16 heavy (non-hydrogen) atoms. The van der Waals surface area contributed by atoms with Crippen molar-refractivity contribution >= 4 is 11.9 Å². The number of hydrogen-bond donors (Lipinski definition) is 2. The SMILES string of the molecule is CC(CC(=O)NCc1ccncc1)C(=O)O. The Morgan fingerprint density at radius 2 is 2.06 bits per heavy atom. The van der Waals surface area contributed by atoms with Crippen LogP contribution >= 0.6 is 0 Å². The summed E-state index contributed by atoms with van der Waals surface area (Å²) in [7, 11) is 0. The Labute approximate surface area is 93.5 Å². The summed E-state index contributed by atoms with van der Waals surface area (Å²) in [4.78, 5) is 25.7. The molecule has 86 valence electrons. The van der Waals surface area contributed by atoms with Gasteiger partial charge in [0.1, 0.15) is 0 Å². The molecule has 1 heterocycles. The van der Waals surface area contributed by atoms with Gasteiger partial charge in [0, 0.05) is 25.4 Å². The minimum Gasteiger partial charge on any atom is -0.481 e. The second kappa shape index (κ2) is 5.85. The second-order valence-electron chi connectivity index (χ2n) is 3.58. The first-order chi connectivity index (χ1) is 7.59. The molecule has 0 fully saturated rings. The fraction of sp³-hybridized carbons (Fsp3) is 0.364. The van der Waals surface area contributed by atoms with E-state index in [2.05, 4.69) is 10.3 Å². The summed E-state index contributed by atoms with van der Waals surface area (Å²) in [6.45, 7) is 1.90. The molecule has 0 bridgehead atoms. The molecule has 0 spiro atoms. The number of rotatable bonds is 5. The summed E-state index contributed by atoms with van der Waals surface area (Å²) in [5, 5.41) is 11.3. The van der Waals surface area contributed by atoms with E-state index in [4.69, 9.17) is 5.11 Å². The van der Waals surface area contributed by atoms with E-state index >= 15 is 0 Å². The van der Waals surface area contributed by atoms with Crippen molar-refractivity contribution in [3.8, 4) is 0 Å². The molecule has 0 aromatic carbocycles. The Kier molecular flexibility index (Phi) is 4.44. The predicted molar refractivity (Wildman–Crippen MR) is 57.5 cm³/mol. The zero-order valence-corrected chi connectivity index (χ0v) is 9.01. The molecule has 1 aromatic heterocycles. The molecule has 2 N–H and O–H groups in total. The molecule has 0 radical (unpaired) electrons. The van der Waals surface area contributed by atoms with Gasteiger partial charge in [-0.25, -0.2) is 0 Å². The van der Waals surface area contributed by atoms with E-state index in [1.807, 2.05) is 0 Å². The third kappa shape index (κ3) is 4.08. The number of amides is 1. The number of carboxylic acid groups (broad SMARTS) is 1. The molecule has 5 nitrogen and oxygen atoms in total. The van der Waals surface area contributed by atoms with Crippen LogP contribution in [0.5, 0.6) is 0 Å². The molecule has 0 saturated heterocycles. The molecular formula is C11H14N2O3. The highest BCUT2D eigenvalue weighted by Gasteiger charge is 2.15. The zero-order valence-electron chi connectivity index (χ0n) is 9.01. The van der Waals surface area contributed by atoms with E-state index in [1.54, 1.807) is 24.5 Å². The molecule has 1 atom stereocenters. The summed E-state index contributed by atoms with van der Waals surface area (Å²) in [6.07, 6.45) is 3.28. The fourth-order valence-electron chi connectivity index (χ4n) is 1.14. The normalized spacial score (nSPS) is 11.8. The Morgan fingerprint density at radius 3 is 2.62 bits per heavy atom. The number of aromatic nitrogens is 1. The summed E-state index contributed by atoms with van der Waals surface area (Å²) >= 11 is 0. The first kappa shape index (κ1) is 12.2. The van der Waals surface area contributed by atoms with Crippen molar-refractivity contribution in [2.75, 3.05) is 0 Å². The standard InChI is InChI=1S/C11H14N2O3/c1-8(11(15)16)6-10(14)13-7-9-2-4-12-5-3-9/h2-5,8H,6-7H2,1H3,(H,13,14)(H,15,16). The van der Waals surface area contributed by atoms with Gasteiger partial charge in [0.05, 0.1) is 5.92 Å². The van der Waals surface area contributed by atoms with Crippen LogP contribution in [0.4, 0.5) is 0 Å². The highest BCUT2D eigenvalue weighted by atomic mass is 16.4. The number of hydrogen-bond acceptors (Lipinski definition) is 3. The Hall–Kier alpha value is -1.91. The van der Waals surface area contributed by atoms with Crippen LogP contribution in [0.15, 0.2) is 24.5 Å². The molecule has 0 aliphatic carbocycles. The van der Waals surface area contributed by atoms with Crippen molar-refractivity contribution < 1.29 is 14.7 Å². The van der Waals surface area contributed by atoms with Gasteiger partial charge in [-0.2, -0.15) is 0 Å². The number of carboxylic acids is 1. The van der Waals surface area contributed by atoms with Gasteiger partial charge >= 0.3 is 5.97 Å². The topological polar surface area (TPSA) is 79.3 Å². The van der Waals surface area contributed by atoms with Crippen LogP contribution in [0.3, 0.4) is 0 Å². The van der Waals surface area contributed by atoms with E-state index in [0.29, 0.717) is 6.54 Å². The van der Waals surface area contributed by atoms with Crippen molar-refractivity contribution in [3.05, 3.63) is 30.1 Å². The largest absolute Gasteiger partial charge is 0.481 e. The van der Waals surface area contributed by atoms with Gasteiger partial charge in [0.15, 0.2) is 0 Å². The maximum absolute atomic E-state index is 11.3. The lowest BCUT2D eigenvalue weighted by molar-refractivity contribution is -0.143. The van der Waals surface area contributed by atoms with Crippen LogP contribution in [-0.2, 0) is 16.1 Å². The highest BCUT2D eigenvalue weighted by molar-refractivity contribution is 5.81. The minimum atomic E-state index is -0.959. The van der Waals surface area contributed by atoms with Gasteiger partial charge in [-0.3, -0.25) is 14.6 Å². The first-order valence-electron chi connectivity index (χ1n) is 4.98. The van der Waals surface area contributed by atoms with Gasteiger partial charge in [0.25, 0.3) is 0 Å². The van der Waals surface area contributed by atoms with E-state index in [0.717, 1.165) is 5.56 Å². The molecule has 0 aliphatic rings. The highest BCUT2D eigenvalue weighted by Crippen LogP contribution is 2.02. The number of carbonyl (C=O) groups excluding carboxylic acids is 1. The molecular weight excluding hydrogens is 208 g/mol. The van der Waals surface area contributed by atoms with E-state index in [9.17, 15) is 9.59 Å². The van der Waals surface area contributed by atoms with E-state index in [1.165, 1.54) is 6.92 Å². The maximum atomic E-state index is 11.3. The first-order valence-corrected chi connectivity index (χ1v) is 4.98. The molecule has 1 aromatic rings. The van der Waals surface area contributed by atoms with Crippen LogP contribution in [-0.4, -0.2) is 22.0 Å². The molecule has 1 rings (SSSR count). The third-order valence-corrected chi connectivity index (χ3v) is 2.15. The van der Waals surface area contributed by atoms with Gasteiger partial charge in [-0.05, 0) is 17.7 Å². The number of nitrogens with one attached hydrogen (secondary N) is 1. The Bertz CT molecular complexity index is 365. The summed E-state index contributed by atoms with van der Waals surface area (Å²) < 4.78 is 0. The van der Waals surface area contributed by atoms with Crippen molar-refractivity contribution in [1.29, 1.82) is 0 Å². The zero-order chi connectivity index (χ0) is 12.0. The Morgan fingerprint density at radius 1 is 1.44 bits per heavy atom. The van der Waals surface area contributed by atoms with Gasteiger partial charge < -0.3 is 10.4 Å². The second-order valence-corrected chi connectivity index (χ2v) is 3.58. The maximum Gasteiger partial charge on any atom is 0.306 e. The van der Waals surface area contributed by atoms with Crippen LogP contribution in [0.25, 0.3) is 0 Å². The molecule has 5 heteroatoms. The fourth-order valence-corrected chi connectivity index (χ4v) is 1.14. The van der Waals surface area contributed by atoms with Crippen LogP contribution in [0.1, 0.15) is 18.9 Å². The van der Waals surface area contributed by atoms with Crippen molar-refractivity contribution in [2.45, 2.75) is 19.9 Å². The van der Waals surface area contributed by atoms with E-state index < -0.39 is 11.9 Å². The quantitative estimate of drug-likeness (QED) is 0.772. The molecule has 1 amide bonds. The molecule has 0 aliphatic heterocycles. The van der Waals surface area contributed by atoms with Crippen LogP contribution < -0.4 is 5.32 Å². The predicted octanol–water partition coefficient (Wildman–Crippen LogP) is 0.809. The van der Waals surface area contributed by atoms with E-state index in [-0.39, 0.29) is 12.3 Å². The summed E-state index contributed by atoms with van der Waals surface area (Å²) in [6, 6.07) is 3.59. The Balaban J connectivity index is 2.33. The van der Waals surface area contributed by atoms with Crippen LogP contribution in [0.2, 0.25) is 0 Å². The van der Waals surface area contributed by atoms with Crippen molar-refractivity contribution in [2.24, 2.45) is 5.92 Å². The lowest BCUT2D eigenvalue weighted by Gasteiger charge is -2.07. The summed E-state index contributed by atoms with van der Waals surface area (Å²) in [5.41, 5.74) is 0.936. The van der Waals surface area contributed by atoms with Crippen LogP contribution in [0, 0.1) is 5.92 Å². The summed E-state index contributed by atoms with van der Waals surface area (Å²) in [5.74, 6) is -1.87. The van der Waals surface area contributed by atoms with Crippen molar-refractivity contribution in [1.82, 2.24) is 10.3 Å². The van der Waals surface area contributed by atoms with Crippen molar-refractivity contribution in [3.63, 3.8) is 0 Å². The minimum absolute atomic E-state index is 0.000414. The lowest BCUT2D eigenvalue weighted by Crippen LogP contribution is -2.26. The average Bonchev–Trinajstić information content (AvgIpc) is 2.27. The monoisotopic (exact) mass is 222 g/mol. The number of pyridine rings is 1. The smallest absolute Gasteiger partial charge is 0.306 e. The van der Waals surface area contributed by atoms with Gasteiger partial charge in [-0.1, -0.05) is 6.92 Å². The average molecular weight is 222 g/mol. The lowest BCUT2D eigenvalue weighted by atomic mass is 10.1. The van der Waals surface area contributed by atoms with Gasteiger partial charge in [-0.15, -0.1) is 0 Å². The number of aliphatic carboxylic acids is 1. The number of nitrogens with zero attached hydrogens (tertiary/aromatic N) is 1. The molecule has 0 saturated carbocycles. The third-order valence-electron chi connectivity index (χ3n) is 2.15. The number of carbonyl (C=O) groups is 2. The molecule has 1 unspecified atom stereocenters. The van der Waals surface area contributed by atoms with Gasteiger partial charge in [0.2, 0.25) is 5.91 Å².